The quantitative estimate of drug-likeness (QED) is 0.394. The summed E-state index contributed by atoms with van der Waals surface area (Å²) in [6.45, 7) is 1.81. The van der Waals surface area contributed by atoms with Crippen molar-refractivity contribution in [1.29, 1.82) is 0 Å². The van der Waals surface area contributed by atoms with Gasteiger partial charge in [-0.1, -0.05) is 29.3 Å². The van der Waals surface area contributed by atoms with Gasteiger partial charge >= 0.3 is 12.3 Å². The lowest BCUT2D eigenvalue weighted by Crippen LogP contribution is -2.27. The molecule has 0 unspecified atom stereocenters. The van der Waals surface area contributed by atoms with Gasteiger partial charge < -0.3 is 4.74 Å². The molecule has 3 rings (SSSR count). The molecular weight excluding hydrogens is 516 g/mol. The third kappa shape index (κ3) is 5.75. The first-order valence-corrected chi connectivity index (χ1v) is 11.7. The average Bonchev–Trinajstić information content (AvgIpc) is 2.75. The van der Waals surface area contributed by atoms with Crippen molar-refractivity contribution in [1.82, 2.24) is 0 Å². The van der Waals surface area contributed by atoms with Gasteiger partial charge in [-0.15, -0.1) is 0 Å². The highest BCUT2D eigenvalue weighted by Crippen LogP contribution is 2.36. The standard InChI is InChI=1S/C22H17Cl2F3N2O4S/c1-13-3-4-14(11-20(13)24)28-21(30)33-16-7-5-15(6-8-16)29(2)34(31,32)17-9-10-19(23)18(12-17)22(25,26)27/h3-12H,1-2H3,(H,28,30). The van der Waals surface area contributed by atoms with Crippen molar-refractivity contribution >= 4 is 50.7 Å². The molecule has 0 saturated carbocycles. The van der Waals surface area contributed by atoms with E-state index in [0.717, 1.165) is 22.0 Å². The summed E-state index contributed by atoms with van der Waals surface area (Å²) in [5.41, 5.74) is 0.127. The van der Waals surface area contributed by atoms with Gasteiger partial charge in [0.15, 0.2) is 0 Å². The van der Waals surface area contributed by atoms with Crippen LogP contribution in [0.25, 0.3) is 0 Å². The average molecular weight is 533 g/mol. The number of rotatable bonds is 5. The predicted molar refractivity (Wildman–Crippen MR) is 124 cm³/mol. The van der Waals surface area contributed by atoms with E-state index in [-0.39, 0.29) is 11.4 Å². The summed E-state index contributed by atoms with van der Waals surface area (Å²) >= 11 is 11.6. The van der Waals surface area contributed by atoms with Gasteiger partial charge in [-0.3, -0.25) is 9.62 Å². The fourth-order valence-corrected chi connectivity index (χ4v) is 4.45. The van der Waals surface area contributed by atoms with E-state index in [1.807, 2.05) is 6.92 Å². The number of sulfonamides is 1. The lowest BCUT2D eigenvalue weighted by Gasteiger charge is -2.20. The number of anilines is 2. The number of nitrogens with one attached hydrogen (secondary N) is 1. The van der Waals surface area contributed by atoms with Crippen molar-refractivity contribution in [2.75, 3.05) is 16.7 Å². The van der Waals surface area contributed by atoms with Gasteiger partial charge in [0.05, 0.1) is 21.2 Å². The highest BCUT2D eigenvalue weighted by atomic mass is 35.5. The van der Waals surface area contributed by atoms with Crippen LogP contribution in [0.5, 0.6) is 5.75 Å². The second-order valence-corrected chi connectivity index (χ2v) is 9.87. The second-order valence-electron chi connectivity index (χ2n) is 7.08. The van der Waals surface area contributed by atoms with Gasteiger partial charge in [-0.2, -0.15) is 13.2 Å². The van der Waals surface area contributed by atoms with Crippen LogP contribution in [-0.2, 0) is 16.2 Å². The number of carbonyl (C=O) groups is 1. The fourth-order valence-electron chi connectivity index (χ4n) is 2.82. The van der Waals surface area contributed by atoms with Crippen LogP contribution in [0.3, 0.4) is 0 Å². The molecule has 0 spiro atoms. The molecule has 12 heteroatoms. The number of alkyl halides is 3. The normalized spacial score (nSPS) is 11.7. The predicted octanol–water partition coefficient (Wildman–Crippen LogP) is 6.76. The minimum absolute atomic E-state index is 0.108. The summed E-state index contributed by atoms with van der Waals surface area (Å²) in [4.78, 5) is 11.5. The smallest absolute Gasteiger partial charge is 0.410 e. The summed E-state index contributed by atoms with van der Waals surface area (Å²) in [5, 5.41) is 2.37. The van der Waals surface area contributed by atoms with E-state index in [9.17, 15) is 26.4 Å². The lowest BCUT2D eigenvalue weighted by atomic mass is 10.2. The zero-order valence-corrected chi connectivity index (χ0v) is 20.0. The Morgan fingerprint density at radius 1 is 0.971 bits per heavy atom. The Balaban J connectivity index is 1.75. The maximum absolute atomic E-state index is 13.1. The Kier molecular flexibility index (Phi) is 7.35. The first kappa shape index (κ1) is 25.7. The van der Waals surface area contributed by atoms with Crippen LogP contribution in [0.15, 0.2) is 65.6 Å². The summed E-state index contributed by atoms with van der Waals surface area (Å²) in [7, 11) is -3.15. The molecule has 0 radical (unpaired) electrons. The monoisotopic (exact) mass is 532 g/mol. The Labute approximate surface area is 203 Å². The number of hydrogen-bond donors (Lipinski definition) is 1. The maximum atomic E-state index is 13.1. The number of amides is 1. The Morgan fingerprint density at radius 3 is 2.21 bits per heavy atom. The third-order valence-corrected chi connectivity index (χ3v) is 7.25. The van der Waals surface area contributed by atoms with E-state index >= 15 is 0 Å². The molecule has 0 bridgehead atoms. The molecular formula is C22H17Cl2F3N2O4S. The van der Waals surface area contributed by atoms with Crippen LogP contribution < -0.4 is 14.4 Å². The summed E-state index contributed by atoms with van der Waals surface area (Å²) < 4.78 is 71.0. The second kappa shape index (κ2) is 9.73. The van der Waals surface area contributed by atoms with E-state index in [0.29, 0.717) is 16.8 Å². The molecule has 180 valence electrons. The molecule has 0 heterocycles. The number of aryl methyl sites for hydroxylation is 1. The molecule has 3 aromatic carbocycles. The first-order valence-electron chi connectivity index (χ1n) is 9.50. The largest absolute Gasteiger partial charge is 0.417 e. The number of hydrogen-bond acceptors (Lipinski definition) is 4. The Hall–Kier alpha value is -2.95. The molecule has 1 N–H and O–H groups in total. The minimum Gasteiger partial charge on any atom is -0.410 e. The number of nitrogens with zero attached hydrogens (tertiary/aromatic N) is 1. The minimum atomic E-state index is -4.81. The first-order chi connectivity index (χ1) is 15.8. The lowest BCUT2D eigenvalue weighted by molar-refractivity contribution is -0.137. The molecule has 1 amide bonds. The van der Waals surface area contributed by atoms with Gasteiger partial charge in [-0.05, 0) is 67.1 Å². The van der Waals surface area contributed by atoms with Crippen molar-refractivity contribution < 1.29 is 31.1 Å². The van der Waals surface area contributed by atoms with Gasteiger partial charge in [0, 0.05) is 17.8 Å². The summed E-state index contributed by atoms with van der Waals surface area (Å²) in [6, 6.07) is 12.6. The van der Waals surface area contributed by atoms with E-state index < -0.39 is 37.8 Å². The van der Waals surface area contributed by atoms with Gasteiger partial charge in [-0.25, -0.2) is 13.2 Å². The number of halogens is 5. The molecule has 34 heavy (non-hydrogen) atoms. The molecule has 0 fully saturated rings. The Morgan fingerprint density at radius 2 is 1.62 bits per heavy atom. The number of carbonyl (C=O) groups excluding carboxylic acids is 1. The van der Waals surface area contributed by atoms with Crippen molar-refractivity contribution in [2.24, 2.45) is 0 Å². The van der Waals surface area contributed by atoms with Gasteiger partial charge in [0.2, 0.25) is 0 Å². The molecule has 0 aliphatic heterocycles. The molecule has 0 saturated heterocycles. The van der Waals surface area contributed by atoms with Crippen molar-refractivity contribution in [3.05, 3.63) is 81.8 Å². The number of ether oxygens (including phenoxy) is 1. The van der Waals surface area contributed by atoms with Gasteiger partial charge in [0.1, 0.15) is 5.75 Å². The zero-order valence-electron chi connectivity index (χ0n) is 17.7. The van der Waals surface area contributed by atoms with E-state index in [2.05, 4.69) is 5.32 Å². The molecule has 0 aliphatic rings. The summed E-state index contributed by atoms with van der Waals surface area (Å²) in [5.74, 6) is 0.108. The zero-order chi connectivity index (χ0) is 25.3. The molecule has 3 aromatic rings. The van der Waals surface area contributed by atoms with Crippen molar-refractivity contribution in [3.63, 3.8) is 0 Å². The van der Waals surface area contributed by atoms with Crippen LogP contribution >= 0.6 is 23.2 Å². The topological polar surface area (TPSA) is 75.7 Å². The SMILES string of the molecule is Cc1ccc(NC(=O)Oc2ccc(N(C)S(=O)(=O)c3ccc(Cl)c(C(F)(F)F)c3)cc2)cc1Cl. The van der Waals surface area contributed by atoms with Gasteiger partial charge in [0.25, 0.3) is 10.0 Å². The molecule has 0 aromatic heterocycles. The van der Waals surface area contributed by atoms with Crippen LogP contribution in [0.2, 0.25) is 10.0 Å². The van der Waals surface area contributed by atoms with Crippen LogP contribution in [0.1, 0.15) is 11.1 Å². The highest BCUT2D eigenvalue weighted by Gasteiger charge is 2.35. The van der Waals surface area contributed by atoms with Crippen molar-refractivity contribution in [3.8, 4) is 5.75 Å². The van der Waals surface area contributed by atoms with E-state index in [1.54, 1.807) is 18.2 Å². The van der Waals surface area contributed by atoms with Crippen molar-refractivity contribution in [2.45, 2.75) is 18.0 Å². The van der Waals surface area contributed by atoms with E-state index in [4.69, 9.17) is 27.9 Å². The molecule has 0 aliphatic carbocycles. The van der Waals surface area contributed by atoms with Crippen LogP contribution in [-0.4, -0.2) is 21.6 Å². The highest BCUT2D eigenvalue weighted by molar-refractivity contribution is 7.92. The third-order valence-electron chi connectivity index (χ3n) is 4.73. The summed E-state index contributed by atoms with van der Waals surface area (Å²) in [6.07, 6.45) is -5.61. The van der Waals surface area contributed by atoms with Crippen LogP contribution in [0, 0.1) is 6.92 Å². The molecule has 6 nitrogen and oxygen atoms in total. The fraction of sp³-hybridized carbons (Fsp3) is 0.136. The maximum Gasteiger partial charge on any atom is 0.417 e. The van der Waals surface area contributed by atoms with Crippen LogP contribution in [0.4, 0.5) is 29.3 Å². The number of benzene rings is 3. The Bertz CT molecular complexity index is 1330. The van der Waals surface area contributed by atoms with E-state index in [1.165, 1.54) is 31.3 Å². The molecule has 0 atom stereocenters.